The second-order valence-corrected chi connectivity index (χ2v) is 6.86. The molecule has 1 N–H and O–H groups in total. The Labute approximate surface area is 146 Å². The van der Waals surface area contributed by atoms with Crippen LogP contribution in [0.4, 0.5) is 5.00 Å². The van der Waals surface area contributed by atoms with Gasteiger partial charge in [-0.15, -0.1) is 0 Å². The van der Waals surface area contributed by atoms with Gasteiger partial charge in [-0.3, -0.25) is 4.79 Å². The predicted octanol–water partition coefficient (Wildman–Crippen LogP) is 3.03. The Morgan fingerprint density at radius 2 is 2.04 bits per heavy atom. The molecule has 1 amide bonds. The van der Waals surface area contributed by atoms with Gasteiger partial charge < -0.3 is 10.2 Å². The van der Waals surface area contributed by atoms with E-state index in [1.165, 1.54) is 11.5 Å². The second kappa shape index (κ2) is 7.02. The van der Waals surface area contributed by atoms with Crippen LogP contribution >= 0.6 is 11.5 Å². The van der Waals surface area contributed by atoms with Crippen molar-refractivity contribution in [2.75, 3.05) is 18.0 Å². The summed E-state index contributed by atoms with van der Waals surface area (Å²) in [5.41, 5.74) is 3.21. The highest BCUT2D eigenvalue weighted by atomic mass is 32.1. The standard InChI is InChI=1S/C18H20N4OS/c1-12-5-3-4-6-15(12)17(23)20-14-7-9-22(10-8-14)18-16(11-19)13(2)21-24-18/h3-6,14H,7-10H2,1-2H3,(H,20,23). The van der Waals surface area contributed by atoms with Crippen molar-refractivity contribution in [3.8, 4) is 6.07 Å². The first kappa shape index (κ1) is 16.5. The Hall–Kier alpha value is -2.39. The molecule has 124 valence electrons. The van der Waals surface area contributed by atoms with E-state index in [1.54, 1.807) is 0 Å². The third-order valence-corrected chi connectivity index (χ3v) is 5.46. The summed E-state index contributed by atoms with van der Waals surface area (Å²) in [4.78, 5) is 14.6. The van der Waals surface area contributed by atoms with Gasteiger partial charge in [-0.05, 0) is 49.9 Å². The smallest absolute Gasteiger partial charge is 0.251 e. The Balaban J connectivity index is 1.60. The minimum absolute atomic E-state index is 0.00195. The van der Waals surface area contributed by atoms with Gasteiger partial charge in [0.15, 0.2) is 0 Å². The maximum atomic E-state index is 12.4. The maximum absolute atomic E-state index is 12.4. The van der Waals surface area contributed by atoms with E-state index in [9.17, 15) is 10.1 Å². The van der Waals surface area contributed by atoms with E-state index in [1.807, 2.05) is 38.1 Å². The molecule has 1 aromatic heterocycles. The van der Waals surface area contributed by atoms with Crippen LogP contribution in [0.15, 0.2) is 24.3 Å². The summed E-state index contributed by atoms with van der Waals surface area (Å²) < 4.78 is 4.29. The van der Waals surface area contributed by atoms with Gasteiger partial charge in [0.2, 0.25) is 0 Å². The summed E-state index contributed by atoms with van der Waals surface area (Å²) in [6.45, 7) is 5.48. The zero-order valence-corrected chi connectivity index (χ0v) is 14.7. The SMILES string of the molecule is Cc1ccccc1C(=O)NC1CCN(c2snc(C)c2C#N)CC1. The van der Waals surface area contributed by atoms with E-state index in [0.29, 0.717) is 5.56 Å². The first-order chi connectivity index (χ1) is 11.6. The highest BCUT2D eigenvalue weighted by Gasteiger charge is 2.25. The topological polar surface area (TPSA) is 69.0 Å². The Kier molecular flexibility index (Phi) is 4.81. The number of benzene rings is 1. The number of nitrogens with one attached hydrogen (secondary N) is 1. The van der Waals surface area contributed by atoms with Crippen LogP contribution in [0.1, 0.15) is 40.0 Å². The van der Waals surface area contributed by atoms with Gasteiger partial charge in [-0.2, -0.15) is 9.64 Å². The van der Waals surface area contributed by atoms with E-state index in [0.717, 1.165) is 47.8 Å². The first-order valence-corrected chi connectivity index (χ1v) is 8.85. The minimum atomic E-state index is -0.00195. The van der Waals surface area contributed by atoms with Crippen molar-refractivity contribution in [1.82, 2.24) is 9.69 Å². The van der Waals surface area contributed by atoms with Gasteiger partial charge in [-0.1, -0.05) is 18.2 Å². The van der Waals surface area contributed by atoms with Crippen LogP contribution in [0.2, 0.25) is 0 Å². The van der Waals surface area contributed by atoms with E-state index >= 15 is 0 Å². The average Bonchev–Trinajstić information content (AvgIpc) is 2.96. The maximum Gasteiger partial charge on any atom is 0.251 e. The fourth-order valence-corrected chi connectivity index (χ4v) is 3.92. The van der Waals surface area contributed by atoms with Gasteiger partial charge in [0.05, 0.1) is 5.69 Å². The van der Waals surface area contributed by atoms with Gasteiger partial charge in [-0.25, -0.2) is 0 Å². The molecule has 1 saturated heterocycles. The summed E-state index contributed by atoms with van der Waals surface area (Å²) in [6.07, 6.45) is 1.75. The van der Waals surface area contributed by atoms with Gasteiger partial charge >= 0.3 is 0 Å². The number of aromatic nitrogens is 1. The first-order valence-electron chi connectivity index (χ1n) is 8.08. The van der Waals surface area contributed by atoms with Gasteiger partial charge in [0.1, 0.15) is 16.6 Å². The largest absolute Gasteiger partial charge is 0.361 e. The minimum Gasteiger partial charge on any atom is -0.361 e. The third-order valence-electron chi connectivity index (χ3n) is 4.46. The third kappa shape index (κ3) is 3.26. The summed E-state index contributed by atoms with van der Waals surface area (Å²) in [5.74, 6) is -0.00195. The number of nitriles is 1. The molecule has 1 fully saturated rings. The molecule has 0 unspecified atom stereocenters. The number of anilines is 1. The molecule has 0 atom stereocenters. The van der Waals surface area contributed by atoms with Crippen LogP contribution in [0.5, 0.6) is 0 Å². The molecule has 0 bridgehead atoms. The number of piperidine rings is 1. The summed E-state index contributed by atoms with van der Waals surface area (Å²) >= 11 is 1.39. The molecule has 24 heavy (non-hydrogen) atoms. The second-order valence-electron chi connectivity index (χ2n) is 6.11. The zero-order valence-electron chi connectivity index (χ0n) is 13.9. The van der Waals surface area contributed by atoms with Crippen molar-refractivity contribution in [3.63, 3.8) is 0 Å². The van der Waals surface area contributed by atoms with Crippen LogP contribution in [0.25, 0.3) is 0 Å². The molecule has 0 saturated carbocycles. The van der Waals surface area contributed by atoms with Crippen LogP contribution < -0.4 is 10.2 Å². The van der Waals surface area contributed by atoms with Crippen molar-refractivity contribution in [2.24, 2.45) is 0 Å². The molecule has 1 aliphatic heterocycles. The Morgan fingerprint density at radius 1 is 1.33 bits per heavy atom. The van der Waals surface area contributed by atoms with Crippen LogP contribution in [0.3, 0.4) is 0 Å². The predicted molar refractivity (Wildman–Crippen MR) is 95.4 cm³/mol. The molecule has 2 aromatic rings. The molecule has 1 aromatic carbocycles. The number of hydrogen-bond donors (Lipinski definition) is 1. The Morgan fingerprint density at radius 3 is 2.71 bits per heavy atom. The molecule has 3 rings (SSSR count). The van der Waals surface area contributed by atoms with Crippen LogP contribution in [-0.4, -0.2) is 29.4 Å². The summed E-state index contributed by atoms with van der Waals surface area (Å²) in [7, 11) is 0. The molecule has 2 heterocycles. The molecule has 6 heteroatoms. The fourth-order valence-electron chi connectivity index (χ4n) is 3.02. The molecule has 0 aliphatic carbocycles. The molecule has 5 nitrogen and oxygen atoms in total. The van der Waals surface area contributed by atoms with Crippen LogP contribution in [-0.2, 0) is 0 Å². The van der Waals surface area contributed by atoms with Crippen LogP contribution in [0, 0.1) is 25.2 Å². The molecular formula is C18H20N4OS. The highest BCUT2D eigenvalue weighted by Crippen LogP contribution is 2.30. The molecule has 0 radical (unpaired) electrons. The monoisotopic (exact) mass is 340 g/mol. The van der Waals surface area contributed by atoms with E-state index < -0.39 is 0 Å². The average molecular weight is 340 g/mol. The van der Waals surface area contributed by atoms with Crippen molar-refractivity contribution >= 4 is 22.4 Å². The lowest BCUT2D eigenvalue weighted by atomic mass is 10.0. The lowest BCUT2D eigenvalue weighted by Crippen LogP contribution is -2.44. The number of amides is 1. The molecule has 1 aliphatic rings. The van der Waals surface area contributed by atoms with Gasteiger partial charge in [0, 0.05) is 24.7 Å². The highest BCUT2D eigenvalue weighted by molar-refractivity contribution is 7.10. The lowest BCUT2D eigenvalue weighted by molar-refractivity contribution is 0.0930. The van der Waals surface area contributed by atoms with Crippen molar-refractivity contribution in [3.05, 3.63) is 46.6 Å². The van der Waals surface area contributed by atoms with Crippen molar-refractivity contribution < 1.29 is 4.79 Å². The summed E-state index contributed by atoms with van der Waals surface area (Å²) in [6, 6.07) is 10.1. The number of carbonyl (C=O) groups excluding carboxylic acids is 1. The van der Waals surface area contributed by atoms with Crippen molar-refractivity contribution in [1.29, 1.82) is 5.26 Å². The number of nitrogens with zero attached hydrogens (tertiary/aromatic N) is 3. The zero-order chi connectivity index (χ0) is 17.1. The summed E-state index contributed by atoms with van der Waals surface area (Å²) in [5, 5.41) is 13.4. The van der Waals surface area contributed by atoms with E-state index in [2.05, 4.69) is 20.7 Å². The number of hydrogen-bond acceptors (Lipinski definition) is 5. The van der Waals surface area contributed by atoms with E-state index in [-0.39, 0.29) is 11.9 Å². The Bertz CT molecular complexity index is 785. The molecule has 0 spiro atoms. The lowest BCUT2D eigenvalue weighted by Gasteiger charge is -2.33. The number of rotatable bonds is 3. The quantitative estimate of drug-likeness (QED) is 0.932. The number of carbonyl (C=O) groups is 1. The van der Waals surface area contributed by atoms with Crippen molar-refractivity contribution in [2.45, 2.75) is 32.7 Å². The normalized spacial score (nSPS) is 15.1. The molecular weight excluding hydrogens is 320 g/mol. The van der Waals surface area contributed by atoms with E-state index in [4.69, 9.17) is 0 Å². The van der Waals surface area contributed by atoms with Gasteiger partial charge in [0.25, 0.3) is 5.91 Å². The number of aryl methyl sites for hydroxylation is 2. The fraction of sp³-hybridized carbons (Fsp3) is 0.389.